The number of hydrogen-bond acceptors (Lipinski definition) is 5. The molecule has 0 aliphatic heterocycles. The third kappa shape index (κ3) is 3.13. The van der Waals surface area contributed by atoms with Crippen molar-refractivity contribution in [3.63, 3.8) is 0 Å². The standard InChI is InChI=1S/C12H15N5O/c1-2-5-13-11-8-14-10(7-15-11)9-17-12(18)4-3-6-16-17/h3-4,6-8H,2,5,9H2,1H3,(H,13,15). The average Bonchev–Trinajstić information content (AvgIpc) is 2.41. The van der Waals surface area contributed by atoms with Crippen LogP contribution in [0.1, 0.15) is 19.0 Å². The van der Waals surface area contributed by atoms with Crippen LogP contribution in [-0.4, -0.2) is 26.3 Å². The summed E-state index contributed by atoms with van der Waals surface area (Å²) in [5.74, 6) is 0.744. The van der Waals surface area contributed by atoms with Crippen LogP contribution < -0.4 is 10.9 Å². The van der Waals surface area contributed by atoms with Gasteiger partial charge in [0.2, 0.25) is 0 Å². The summed E-state index contributed by atoms with van der Waals surface area (Å²) < 4.78 is 1.35. The second-order valence-corrected chi connectivity index (χ2v) is 3.84. The second-order valence-electron chi connectivity index (χ2n) is 3.84. The normalized spacial score (nSPS) is 10.3. The first-order chi connectivity index (χ1) is 8.79. The van der Waals surface area contributed by atoms with Crippen molar-refractivity contribution in [2.24, 2.45) is 0 Å². The lowest BCUT2D eigenvalue weighted by atomic mass is 10.4. The minimum atomic E-state index is -0.146. The first kappa shape index (κ1) is 12.2. The van der Waals surface area contributed by atoms with E-state index in [4.69, 9.17) is 0 Å². The molecule has 94 valence electrons. The minimum Gasteiger partial charge on any atom is -0.369 e. The van der Waals surface area contributed by atoms with Crippen molar-refractivity contribution >= 4 is 5.82 Å². The molecule has 18 heavy (non-hydrogen) atoms. The summed E-state index contributed by atoms with van der Waals surface area (Å²) in [6, 6.07) is 3.08. The van der Waals surface area contributed by atoms with E-state index >= 15 is 0 Å². The maximum Gasteiger partial charge on any atom is 0.267 e. The van der Waals surface area contributed by atoms with Crippen molar-refractivity contribution in [2.45, 2.75) is 19.9 Å². The number of hydrogen-bond donors (Lipinski definition) is 1. The molecule has 6 heteroatoms. The quantitative estimate of drug-likeness (QED) is 0.847. The Hall–Kier alpha value is -2.24. The van der Waals surface area contributed by atoms with Gasteiger partial charge < -0.3 is 5.32 Å². The fourth-order valence-electron chi connectivity index (χ4n) is 1.44. The van der Waals surface area contributed by atoms with Gasteiger partial charge in [-0.15, -0.1) is 0 Å². The number of anilines is 1. The Kier molecular flexibility index (Phi) is 4.01. The molecule has 0 bridgehead atoms. The van der Waals surface area contributed by atoms with Crippen molar-refractivity contribution in [3.8, 4) is 0 Å². The summed E-state index contributed by atoms with van der Waals surface area (Å²) in [5.41, 5.74) is 0.560. The van der Waals surface area contributed by atoms with Gasteiger partial charge in [-0.05, 0) is 12.5 Å². The van der Waals surface area contributed by atoms with E-state index in [0.29, 0.717) is 12.2 Å². The van der Waals surface area contributed by atoms with Crippen LogP contribution >= 0.6 is 0 Å². The first-order valence-electron chi connectivity index (χ1n) is 5.86. The van der Waals surface area contributed by atoms with Gasteiger partial charge in [0.1, 0.15) is 5.82 Å². The molecule has 0 amide bonds. The van der Waals surface area contributed by atoms with Gasteiger partial charge in [0.25, 0.3) is 5.56 Å². The monoisotopic (exact) mass is 245 g/mol. The van der Waals surface area contributed by atoms with Crippen molar-refractivity contribution < 1.29 is 0 Å². The summed E-state index contributed by atoms with van der Waals surface area (Å²) in [6.45, 7) is 3.29. The largest absolute Gasteiger partial charge is 0.369 e. The van der Waals surface area contributed by atoms with Crippen molar-refractivity contribution in [2.75, 3.05) is 11.9 Å². The molecule has 0 saturated carbocycles. The summed E-state index contributed by atoms with van der Waals surface area (Å²) in [7, 11) is 0. The van der Waals surface area contributed by atoms with Gasteiger partial charge >= 0.3 is 0 Å². The second kappa shape index (κ2) is 5.90. The molecule has 2 heterocycles. The minimum absolute atomic E-state index is 0.146. The van der Waals surface area contributed by atoms with Crippen LogP contribution in [0.4, 0.5) is 5.82 Å². The molecule has 0 aliphatic rings. The van der Waals surface area contributed by atoms with E-state index in [1.54, 1.807) is 24.7 Å². The average molecular weight is 245 g/mol. The van der Waals surface area contributed by atoms with Gasteiger partial charge in [-0.1, -0.05) is 6.92 Å². The molecule has 0 atom stereocenters. The van der Waals surface area contributed by atoms with E-state index in [-0.39, 0.29) is 5.56 Å². The predicted octanol–water partition coefficient (Wildman–Crippen LogP) is 0.903. The molecule has 0 unspecified atom stereocenters. The highest BCUT2D eigenvalue weighted by molar-refractivity contribution is 5.30. The molecule has 0 radical (unpaired) electrons. The van der Waals surface area contributed by atoms with Crippen molar-refractivity contribution in [3.05, 3.63) is 46.8 Å². The molecule has 0 aromatic carbocycles. The third-order valence-corrected chi connectivity index (χ3v) is 2.36. The highest BCUT2D eigenvalue weighted by atomic mass is 16.1. The molecule has 2 aromatic rings. The van der Waals surface area contributed by atoms with Crippen molar-refractivity contribution in [1.82, 2.24) is 19.7 Å². The fraction of sp³-hybridized carbons (Fsp3) is 0.333. The Morgan fingerprint density at radius 3 is 2.89 bits per heavy atom. The van der Waals surface area contributed by atoms with E-state index < -0.39 is 0 Å². The third-order valence-electron chi connectivity index (χ3n) is 2.36. The van der Waals surface area contributed by atoms with Crippen LogP contribution in [-0.2, 0) is 6.54 Å². The van der Waals surface area contributed by atoms with E-state index in [1.165, 1.54) is 10.7 Å². The molecule has 2 aromatic heterocycles. The molecule has 2 rings (SSSR count). The van der Waals surface area contributed by atoms with E-state index in [2.05, 4.69) is 27.3 Å². The summed E-state index contributed by atoms with van der Waals surface area (Å²) in [6.07, 6.45) is 5.93. The number of rotatable bonds is 5. The fourth-order valence-corrected chi connectivity index (χ4v) is 1.44. The molecular formula is C12H15N5O. The smallest absolute Gasteiger partial charge is 0.267 e. The number of nitrogens with zero attached hydrogens (tertiary/aromatic N) is 4. The Labute approximate surface area is 105 Å². The zero-order valence-electron chi connectivity index (χ0n) is 10.2. The van der Waals surface area contributed by atoms with Gasteiger partial charge in [-0.25, -0.2) is 9.67 Å². The molecule has 0 fully saturated rings. The van der Waals surface area contributed by atoms with Gasteiger partial charge in [0.15, 0.2) is 0 Å². The first-order valence-corrected chi connectivity index (χ1v) is 5.86. The van der Waals surface area contributed by atoms with E-state index in [0.717, 1.165) is 18.8 Å². The lowest BCUT2D eigenvalue weighted by Crippen LogP contribution is -2.22. The van der Waals surface area contributed by atoms with Crippen LogP contribution in [0.2, 0.25) is 0 Å². The predicted molar refractivity (Wildman–Crippen MR) is 68.4 cm³/mol. The highest BCUT2D eigenvalue weighted by Gasteiger charge is 2.00. The topological polar surface area (TPSA) is 72.7 Å². The van der Waals surface area contributed by atoms with Crippen LogP contribution in [0.3, 0.4) is 0 Å². The van der Waals surface area contributed by atoms with Gasteiger partial charge in [0.05, 0.1) is 24.6 Å². The van der Waals surface area contributed by atoms with E-state index in [9.17, 15) is 4.79 Å². The Morgan fingerprint density at radius 2 is 2.22 bits per heavy atom. The molecule has 0 spiro atoms. The highest BCUT2D eigenvalue weighted by Crippen LogP contribution is 2.01. The maximum atomic E-state index is 11.5. The number of nitrogens with one attached hydrogen (secondary N) is 1. The number of aromatic nitrogens is 4. The zero-order valence-corrected chi connectivity index (χ0v) is 10.2. The maximum absolute atomic E-state index is 11.5. The lowest BCUT2D eigenvalue weighted by molar-refractivity contribution is 0.626. The van der Waals surface area contributed by atoms with Crippen LogP contribution in [0.25, 0.3) is 0 Å². The summed E-state index contributed by atoms with van der Waals surface area (Å²) >= 11 is 0. The Morgan fingerprint density at radius 1 is 1.33 bits per heavy atom. The van der Waals surface area contributed by atoms with Crippen LogP contribution in [0.15, 0.2) is 35.5 Å². The molecule has 1 N–H and O–H groups in total. The van der Waals surface area contributed by atoms with Crippen molar-refractivity contribution in [1.29, 1.82) is 0 Å². The SMILES string of the molecule is CCCNc1cnc(Cn2ncccc2=O)cn1. The molecule has 0 saturated heterocycles. The van der Waals surface area contributed by atoms with Gasteiger partial charge in [-0.3, -0.25) is 9.78 Å². The van der Waals surface area contributed by atoms with Crippen LogP contribution in [0, 0.1) is 0 Å². The Balaban J connectivity index is 2.07. The van der Waals surface area contributed by atoms with E-state index in [1.807, 2.05) is 0 Å². The summed E-state index contributed by atoms with van der Waals surface area (Å²) in [4.78, 5) is 19.9. The molecule has 0 aliphatic carbocycles. The lowest BCUT2D eigenvalue weighted by Gasteiger charge is -2.05. The van der Waals surface area contributed by atoms with Gasteiger partial charge in [-0.2, -0.15) is 5.10 Å². The van der Waals surface area contributed by atoms with Gasteiger partial charge in [0, 0.05) is 18.8 Å². The Bertz CT molecular complexity index is 549. The molecule has 6 nitrogen and oxygen atoms in total. The molecular weight excluding hydrogens is 230 g/mol. The van der Waals surface area contributed by atoms with Crippen LogP contribution in [0.5, 0.6) is 0 Å². The summed E-state index contributed by atoms with van der Waals surface area (Å²) in [5, 5.41) is 7.11. The zero-order chi connectivity index (χ0) is 12.8.